The van der Waals surface area contributed by atoms with Crippen molar-refractivity contribution in [3.8, 4) is 0 Å². The van der Waals surface area contributed by atoms with Gasteiger partial charge in [0, 0.05) is 32.0 Å². The number of hydrogen-bond donors (Lipinski definition) is 1. The van der Waals surface area contributed by atoms with Crippen molar-refractivity contribution in [2.45, 2.75) is 45.6 Å². The van der Waals surface area contributed by atoms with E-state index in [1.807, 2.05) is 20.8 Å². The molecule has 0 aromatic heterocycles. The van der Waals surface area contributed by atoms with Crippen LogP contribution in [0.15, 0.2) is 0 Å². The lowest BCUT2D eigenvalue weighted by molar-refractivity contribution is -0.123. The summed E-state index contributed by atoms with van der Waals surface area (Å²) in [5.41, 5.74) is -0.516. The van der Waals surface area contributed by atoms with Crippen LogP contribution in [0.2, 0.25) is 0 Å². The summed E-state index contributed by atoms with van der Waals surface area (Å²) in [6.07, 6.45) is 1.09. The zero-order chi connectivity index (χ0) is 13.8. The number of hydrogen-bond acceptors (Lipinski definition) is 4. The van der Waals surface area contributed by atoms with Gasteiger partial charge in [-0.2, -0.15) is 0 Å². The molecule has 5 heteroatoms. The summed E-state index contributed by atoms with van der Waals surface area (Å²) in [6, 6.07) is 0. The van der Waals surface area contributed by atoms with E-state index in [9.17, 15) is 9.59 Å². The van der Waals surface area contributed by atoms with E-state index in [0.29, 0.717) is 32.4 Å². The van der Waals surface area contributed by atoms with Crippen LogP contribution in [0.5, 0.6) is 0 Å². The minimum Gasteiger partial charge on any atom is -0.444 e. The Morgan fingerprint density at radius 1 is 1.44 bits per heavy atom. The van der Waals surface area contributed by atoms with Crippen molar-refractivity contribution in [3.63, 3.8) is 0 Å². The molecule has 1 N–H and O–H groups in total. The topological polar surface area (TPSA) is 66.8 Å². The van der Waals surface area contributed by atoms with Crippen LogP contribution in [0.25, 0.3) is 0 Å². The zero-order valence-electron chi connectivity index (χ0n) is 11.4. The monoisotopic (exact) mass is 257 g/mol. The molecular weight excluding hydrogens is 234 g/mol. The average molecular weight is 257 g/mol. The predicted molar refractivity (Wildman–Crippen MR) is 67.2 cm³/mol. The van der Waals surface area contributed by atoms with Crippen LogP contribution < -0.4 is 0 Å². The molecule has 5 nitrogen and oxygen atoms in total. The second-order valence-electron chi connectivity index (χ2n) is 5.68. The number of aliphatic hydroxyl groups excluding tert-OH is 1. The maximum Gasteiger partial charge on any atom is 0.410 e. The molecule has 1 heterocycles. The molecule has 18 heavy (non-hydrogen) atoms. The van der Waals surface area contributed by atoms with Gasteiger partial charge in [-0.15, -0.1) is 0 Å². The molecule has 1 atom stereocenters. The Morgan fingerprint density at radius 3 is 2.67 bits per heavy atom. The van der Waals surface area contributed by atoms with Crippen LogP contribution >= 0.6 is 0 Å². The maximum absolute atomic E-state index is 11.9. The van der Waals surface area contributed by atoms with Gasteiger partial charge in [-0.05, 0) is 33.6 Å². The van der Waals surface area contributed by atoms with Crippen LogP contribution in [0.4, 0.5) is 4.79 Å². The summed E-state index contributed by atoms with van der Waals surface area (Å²) in [6.45, 7) is 6.41. The molecule has 1 aliphatic rings. The summed E-state index contributed by atoms with van der Waals surface area (Å²) in [5, 5.41) is 8.90. The van der Waals surface area contributed by atoms with Crippen molar-refractivity contribution in [3.05, 3.63) is 0 Å². The third-order valence-electron chi connectivity index (χ3n) is 2.96. The van der Waals surface area contributed by atoms with E-state index in [0.717, 1.165) is 0 Å². The van der Waals surface area contributed by atoms with Crippen LogP contribution in [-0.2, 0) is 9.53 Å². The van der Waals surface area contributed by atoms with Crippen molar-refractivity contribution in [2.75, 3.05) is 19.7 Å². The molecule has 1 aliphatic heterocycles. The van der Waals surface area contributed by atoms with Gasteiger partial charge >= 0.3 is 6.09 Å². The molecular formula is C13H23NO4. The van der Waals surface area contributed by atoms with Crippen molar-refractivity contribution < 1.29 is 19.4 Å². The second-order valence-corrected chi connectivity index (χ2v) is 5.68. The molecule has 0 radical (unpaired) electrons. The Balaban J connectivity index is 2.55. The van der Waals surface area contributed by atoms with E-state index < -0.39 is 5.60 Å². The number of rotatable bonds is 2. The molecule has 0 aromatic rings. The van der Waals surface area contributed by atoms with Gasteiger partial charge in [-0.25, -0.2) is 4.79 Å². The van der Waals surface area contributed by atoms with Crippen LogP contribution in [-0.4, -0.2) is 47.2 Å². The van der Waals surface area contributed by atoms with Crippen molar-refractivity contribution in [1.29, 1.82) is 0 Å². The summed E-state index contributed by atoms with van der Waals surface area (Å²) in [4.78, 5) is 25.2. The van der Waals surface area contributed by atoms with E-state index in [-0.39, 0.29) is 24.4 Å². The third kappa shape index (κ3) is 4.64. The second kappa shape index (κ2) is 6.18. The number of amides is 1. The SMILES string of the molecule is CC(C)(C)OC(=O)N1CCC(=O)C(CCO)CC1. The first-order valence-corrected chi connectivity index (χ1v) is 6.45. The number of Topliss-reactive ketones (excluding diaryl/α,β-unsaturated/α-hetero) is 1. The highest BCUT2D eigenvalue weighted by Crippen LogP contribution is 2.19. The lowest BCUT2D eigenvalue weighted by atomic mass is 9.96. The molecule has 1 rings (SSSR count). The summed E-state index contributed by atoms with van der Waals surface area (Å²) in [7, 11) is 0. The Labute approximate surface area is 108 Å². The molecule has 0 saturated carbocycles. The lowest BCUT2D eigenvalue weighted by Gasteiger charge is -2.26. The lowest BCUT2D eigenvalue weighted by Crippen LogP contribution is -2.37. The van der Waals surface area contributed by atoms with Gasteiger partial charge in [0.15, 0.2) is 0 Å². The Morgan fingerprint density at radius 2 is 2.11 bits per heavy atom. The fourth-order valence-electron chi connectivity index (χ4n) is 2.00. The highest BCUT2D eigenvalue weighted by atomic mass is 16.6. The minimum absolute atomic E-state index is 0.0167. The first-order chi connectivity index (χ1) is 8.33. The standard InChI is InChI=1S/C13H23NO4/c1-13(2,3)18-12(17)14-7-4-10(6-9-15)11(16)5-8-14/h10,15H,4-9H2,1-3H3. The van der Waals surface area contributed by atoms with E-state index in [4.69, 9.17) is 9.84 Å². The van der Waals surface area contributed by atoms with Gasteiger partial charge in [-0.3, -0.25) is 4.79 Å². The van der Waals surface area contributed by atoms with Gasteiger partial charge in [0.25, 0.3) is 0 Å². The van der Waals surface area contributed by atoms with Crippen molar-refractivity contribution in [1.82, 2.24) is 4.90 Å². The largest absolute Gasteiger partial charge is 0.444 e. The first kappa shape index (κ1) is 15.0. The highest BCUT2D eigenvalue weighted by Gasteiger charge is 2.28. The quantitative estimate of drug-likeness (QED) is 0.815. The van der Waals surface area contributed by atoms with E-state index in [2.05, 4.69) is 0 Å². The molecule has 0 spiro atoms. The number of ether oxygens (including phenoxy) is 1. The smallest absolute Gasteiger partial charge is 0.410 e. The molecule has 1 saturated heterocycles. The Bertz CT molecular complexity index is 309. The maximum atomic E-state index is 11.9. The third-order valence-corrected chi connectivity index (χ3v) is 2.96. The van der Waals surface area contributed by atoms with Crippen molar-refractivity contribution in [2.24, 2.45) is 5.92 Å². The fourth-order valence-corrected chi connectivity index (χ4v) is 2.00. The van der Waals surface area contributed by atoms with Crippen LogP contribution in [0.1, 0.15) is 40.0 Å². The number of nitrogens with zero attached hydrogens (tertiary/aromatic N) is 1. The van der Waals surface area contributed by atoms with E-state index >= 15 is 0 Å². The van der Waals surface area contributed by atoms with Gasteiger partial charge in [-0.1, -0.05) is 0 Å². The number of aliphatic hydroxyl groups is 1. The van der Waals surface area contributed by atoms with Crippen molar-refractivity contribution >= 4 is 11.9 Å². The Hall–Kier alpha value is -1.10. The molecule has 1 fully saturated rings. The highest BCUT2D eigenvalue weighted by molar-refractivity contribution is 5.82. The minimum atomic E-state index is -0.516. The number of carbonyl (C=O) groups is 2. The molecule has 0 aliphatic carbocycles. The normalized spacial score (nSPS) is 21.7. The number of ketones is 1. The summed E-state index contributed by atoms with van der Waals surface area (Å²) >= 11 is 0. The average Bonchev–Trinajstić information content (AvgIpc) is 2.40. The van der Waals surface area contributed by atoms with E-state index in [1.165, 1.54) is 0 Å². The summed E-state index contributed by atoms with van der Waals surface area (Å²) in [5.74, 6) is 0.0116. The van der Waals surface area contributed by atoms with E-state index in [1.54, 1.807) is 4.90 Å². The Kier molecular flexibility index (Phi) is 5.14. The molecule has 1 unspecified atom stereocenters. The van der Waals surface area contributed by atoms with Gasteiger partial charge in [0.2, 0.25) is 0 Å². The van der Waals surface area contributed by atoms with Gasteiger partial charge in [0.1, 0.15) is 11.4 Å². The van der Waals surface area contributed by atoms with Crippen LogP contribution in [0, 0.1) is 5.92 Å². The zero-order valence-corrected chi connectivity index (χ0v) is 11.4. The molecule has 0 bridgehead atoms. The van der Waals surface area contributed by atoms with Gasteiger partial charge < -0.3 is 14.7 Å². The molecule has 1 amide bonds. The van der Waals surface area contributed by atoms with Crippen LogP contribution in [0.3, 0.4) is 0 Å². The first-order valence-electron chi connectivity index (χ1n) is 6.45. The molecule has 0 aromatic carbocycles. The summed E-state index contributed by atoms with van der Waals surface area (Å²) < 4.78 is 5.29. The number of carbonyl (C=O) groups excluding carboxylic acids is 2. The number of likely N-dealkylation sites (tertiary alicyclic amines) is 1. The van der Waals surface area contributed by atoms with Gasteiger partial charge in [0.05, 0.1) is 0 Å². The predicted octanol–water partition coefficient (Wildman–Crippen LogP) is 1.58. The fraction of sp³-hybridized carbons (Fsp3) is 0.846. The molecule has 104 valence electrons.